The van der Waals surface area contributed by atoms with Crippen LogP contribution in [-0.2, 0) is 11.2 Å². The summed E-state index contributed by atoms with van der Waals surface area (Å²) < 4.78 is 6.04. The van der Waals surface area contributed by atoms with E-state index in [4.69, 9.17) is 4.74 Å². The van der Waals surface area contributed by atoms with Gasteiger partial charge in [-0.25, -0.2) is 4.98 Å². The predicted octanol–water partition coefficient (Wildman–Crippen LogP) is 4.77. The lowest BCUT2D eigenvalue weighted by atomic mass is 9.89. The Bertz CT molecular complexity index is 950. The van der Waals surface area contributed by atoms with Crippen molar-refractivity contribution in [1.82, 2.24) is 10.3 Å². The largest absolute Gasteiger partial charge is 0.487 e. The molecule has 0 spiro atoms. The number of aromatic nitrogens is 1. The van der Waals surface area contributed by atoms with Crippen molar-refractivity contribution in [3.63, 3.8) is 0 Å². The number of nitrogens with one attached hydrogen (secondary N) is 1. The van der Waals surface area contributed by atoms with E-state index >= 15 is 0 Å². The summed E-state index contributed by atoms with van der Waals surface area (Å²) in [6.45, 7) is 4.10. The lowest BCUT2D eigenvalue weighted by Gasteiger charge is -2.37. The fraction of sp³-hybridized carbons (Fsp3) is 0.273. The number of fused-ring (bicyclic) bond motifs is 1. The highest BCUT2D eigenvalue weighted by Gasteiger charge is 2.34. The van der Waals surface area contributed by atoms with Crippen molar-refractivity contribution >= 4 is 17.2 Å². The van der Waals surface area contributed by atoms with Crippen molar-refractivity contribution in [3.8, 4) is 16.3 Å². The van der Waals surface area contributed by atoms with E-state index in [0.717, 1.165) is 34.0 Å². The first-order valence-electron chi connectivity index (χ1n) is 9.07. The Hall–Kier alpha value is -2.66. The van der Waals surface area contributed by atoms with E-state index in [1.807, 2.05) is 60.0 Å². The minimum absolute atomic E-state index is 0.0163. The van der Waals surface area contributed by atoms with E-state index in [1.54, 1.807) is 11.3 Å². The topological polar surface area (TPSA) is 51.2 Å². The van der Waals surface area contributed by atoms with Crippen LogP contribution in [0.2, 0.25) is 0 Å². The van der Waals surface area contributed by atoms with E-state index in [9.17, 15) is 4.79 Å². The van der Waals surface area contributed by atoms with E-state index in [-0.39, 0.29) is 24.0 Å². The fourth-order valence-electron chi connectivity index (χ4n) is 3.44. The number of rotatable bonds is 4. The number of nitrogens with zero attached hydrogens (tertiary/aromatic N) is 1. The van der Waals surface area contributed by atoms with E-state index in [2.05, 4.69) is 24.1 Å². The number of amides is 1. The number of para-hydroxylation sites is 1. The number of thiazole rings is 1. The molecular formula is C22H22N2O2S. The van der Waals surface area contributed by atoms with Crippen LogP contribution < -0.4 is 10.1 Å². The van der Waals surface area contributed by atoms with Crippen LogP contribution in [-0.4, -0.2) is 16.5 Å². The Morgan fingerprint density at radius 1 is 1.19 bits per heavy atom. The zero-order valence-electron chi connectivity index (χ0n) is 15.4. The molecule has 5 heteroatoms. The highest BCUT2D eigenvalue weighted by atomic mass is 32.1. The normalized spacial score (nSPS) is 17.6. The third-order valence-electron chi connectivity index (χ3n) is 4.63. The average Bonchev–Trinajstić information content (AvgIpc) is 3.10. The Morgan fingerprint density at radius 2 is 1.93 bits per heavy atom. The molecule has 1 unspecified atom stereocenters. The van der Waals surface area contributed by atoms with E-state index < -0.39 is 0 Å². The first-order valence-corrected chi connectivity index (χ1v) is 9.95. The van der Waals surface area contributed by atoms with Gasteiger partial charge in [0, 0.05) is 22.9 Å². The number of hydrogen-bond donors (Lipinski definition) is 1. The molecule has 2 heterocycles. The van der Waals surface area contributed by atoms with Crippen molar-refractivity contribution in [2.24, 2.45) is 0 Å². The molecule has 0 radical (unpaired) electrons. The van der Waals surface area contributed by atoms with Crippen molar-refractivity contribution in [1.29, 1.82) is 0 Å². The first kappa shape index (κ1) is 17.7. The van der Waals surface area contributed by atoms with Gasteiger partial charge in [-0.05, 0) is 19.9 Å². The maximum atomic E-state index is 12.7. The molecule has 4 rings (SSSR count). The van der Waals surface area contributed by atoms with Gasteiger partial charge in [0.2, 0.25) is 5.91 Å². The number of carbonyl (C=O) groups is 1. The van der Waals surface area contributed by atoms with Gasteiger partial charge in [0.05, 0.1) is 18.2 Å². The highest BCUT2D eigenvalue weighted by Crippen LogP contribution is 2.39. The van der Waals surface area contributed by atoms with Gasteiger partial charge < -0.3 is 10.1 Å². The maximum Gasteiger partial charge on any atom is 0.226 e. The van der Waals surface area contributed by atoms with Crippen molar-refractivity contribution in [2.75, 3.05) is 0 Å². The van der Waals surface area contributed by atoms with Crippen LogP contribution in [0.4, 0.5) is 0 Å². The Labute approximate surface area is 163 Å². The summed E-state index contributed by atoms with van der Waals surface area (Å²) in [6.07, 6.45) is 1.02. The second kappa shape index (κ2) is 7.16. The summed E-state index contributed by atoms with van der Waals surface area (Å²) in [5.74, 6) is 0.830. The van der Waals surface area contributed by atoms with Gasteiger partial charge in [0.15, 0.2) is 0 Å². The van der Waals surface area contributed by atoms with Gasteiger partial charge >= 0.3 is 0 Å². The van der Waals surface area contributed by atoms with Gasteiger partial charge in [-0.3, -0.25) is 4.79 Å². The van der Waals surface area contributed by atoms with Crippen molar-refractivity contribution < 1.29 is 9.53 Å². The molecule has 0 aliphatic carbocycles. The highest BCUT2D eigenvalue weighted by molar-refractivity contribution is 7.13. The molecule has 1 N–H and O–H groups in total. The van der Waals surface area contributed by atoms with Crippen LogP contribution in [0, 0.1) is 0 Å². The molecule has 0 bridgehead atoms. The molecule has 138 valence electrons. The summed E-state index contributed by atoms with van der Waals surface area (Å²) in [6, 6.07) is 17.9. The third-order valence-corrected chi connectivity index (χ3v) is 5.57. The van der Waals surface area contributed by atoms with Gasteiger partial charge in [-0.2, -0.15) is 0 Å². The zero-order valence-corrected chi connectivity index (χ0v) is 16.3. The molecule has 1 aliphatic heterocycles. The lowest BCUT2D eigenvalue weighted by Crippen LogP contribution is -2.41. The minimum atomic E-state index is -0.312. The molecular weight excluding hydrogens is 356 g/mol. The molecule has 1 aromatic heterocycles. The number of hydrogen-bond acceptors (Lipinski definition) is 4. The molecule has 1 amide bonds. The Morgan fingerprint density at radius 3 is 2.74 bits per heavy atom. The molecule has 0 saturated carbocycles. The first-order chi connectivity index (χ1) is 13.0. The lowest BCUT2D eigenvalue weighted by molar-refractivity contribution is -0.121. The molecule has 27 heavy (non-hydrogen) atoms. The Kier molecular flexibility index (Phi) is 4.70. The maximum absolute atomic E-state index is 12.7. The molecule has 1 aliphatic rings. The third kappa shape index (κ3) is 4.03. The van der Waals surface area contributed by atoms with E-state index in [1.165, 1.54) is 0 Å². The Balaban J connectivity index is 1.46. The molecule has 4 nitrogen and oxygen atoms in total. The van der Waals surface area contributed by atoms with Crippen molar-refractivity contribution in [2.45, 2.75) is 38.3 Å². The van der Waals surface area contributed by atoms with Crippen LogP contribution in [0.3, 0.4) is 0 Å². The molecule has 2 aromatic carbocycles. The summed E-state index contributed by atoms with van der Waals surface area (Å²) in [4.78, 5) is 17.3. The summed E-state index contributed by atoms with van der Waals surface area (Å²) in [5, 5.41) is 6.08. The second-order valence-electron chi connectivity index (χ2n) is 7.41. The standard InChI is InChI=1S/C22H22N2O2S/c1-22(2)13-18(17-10-6-7-11-19(17)26-22)24-20(25)12-16-14-27-21(23-16)15-8-4-3-5-9-15/h3-11,14,18H,12-13H2,1-2H3,(H,24,25). The quantitative estimate of drug-likeness (QED) is 0.711. The predicted molar refractivity (Wildman–Crippen MR) is 108 cm³/mol. The van der Waals surface area contributed by atoms with Gasteiger partial charge in [-0.1, -0.05) is 48.5 Å². The number of carbonyl (C=O) groups excluding carboxylic acids is 1. The molecule has 1 atom stereocenters. The van der Waals surface area contributed by atoms with E-state index in [0.29, 0.717) is 0 Å². The summed E-state index contributed by atoms with van der Waals surface area (Å²) in [7, 11) is 0. The minimum Gasteiger partial charge on any atom is -0.487 e. The smallest absolute Gasteiger partial charge is 0.226 e. The summed E-state index contributed by atoms with van der Waals surface area (Å²) in [5.41, 5.74) is 2.60. The molecule has 0 saturated heterocycles. The zero-order chi connectivity index (χ0) is 18.9. The number of benzene rings is 2. The SMILES string of the molecule is CC1(C)CC(NC(=O)Cc2csc(-c3ccccc3)n2)c2ccccc2O1. The van der Waals surface area contributed by atoms with Gasteiger partial charge in [-0.15, -0.1) is 11.3 Å². The van der Waals surface area contributed by atoms with Crippen LogP contribution in [0.15, 0.2) is 60.0 Å². The van der Waals surface area contributed by atoms with Crippen LogP contribution >= 0.6 is 11.3 Å². The van der Waals surface area contributed by atoms with Crippen molar-refractivity contribution in [3.05, 3.63) is 71.2 Å². The number of ether oxygens (including phenoxy) is 1. The fourth-order valence-corrected chi connectivity index (χ4v) is 4.27. The summed E-state index contributed by atoms with van der Waals surface area (Å²) >= 11 is 1.57. The molecule has 0 fully saturated rings. The van der Waals surface area contributed by atoms with Crippen LogP contribution in [0.1, 0.15) is 37.6 Å². The molecule has 3 aromatic rings. The average molecular weight is 378 g/mol. The van der Waals surface area contributed by atoms with Gasteiger partial charge in [0.1, 0.15) is 16.4 Å². The van der Waals surface area contributed by atoms with Crippen LogP contribution in [0.25, 0.3) is 10.6 Å². The second-order valence-corrected chi connectivity index (χ2v) is 8.27. The van der Waals surface area contributed by atoms with Gasteiger partial charge in [0.25, 0.3) is 0 Å². The van der Waals surface area contributed by atoms with Crippen LogP contribution in [0.5, 0.6) is 5.75 Å². The monoisotopic (exact) mass is 378 g/mol.